The van der Waals surface area contributed by atoms with Crippen molar-refractivity contribution in [1.29, 1.82) is 0 Å². The molecule has 2 N–H and O–H groups in total. The van der Waals surface area contributed by atoms with E-state index in [2.05, 4.69) is 31.7 Å². The van der Waals surface area contributed by atoms with Crippen molar-refractivity contribution >= 4 is 11.4 Å². The van der Waals surface area contributed by atoms with Gasteiger partial charge in [0.15, 0.2) is 0 Å². The molecule has 0 spiro atoms. The lowest BCUT2D eigenvalue weighted by molar-refractivity contribution is 0.0575. The van der Waals surface area contributed by atoms with Crippen LogP contribution in [0.5, 0.6) is 5.75 Å². The first-order valence-electron chi connectivity index (χ1n) is 8.48. The Bertz CT molecular complexity index is 455. The SMILES string of the molecule is CCCCCCN1CC(CC)(CC)Oc2cccc(N)c21. The molecule has 2 rings (SSSR count). The van der Waals surface area contributed by atoms with Gasteiger partial charge in [0, 0.05) is 6.54 Å². The third-order valence-electron chi connectivity index (χ3n) is 4.72. The molecule has 1 aromatic carbocycles. The quantitative estimate of drug-likeness (QED) is 0.589. The van der Waals surface area contributed by atoms with Crippen molar-refractivity contribution in [3.8, 4) is 5.75 Å². The lowest BCUT2D eigenvalue weighted by atomic mass is 9.93. The van der Waals surface area contributed by atoms with Gasteiger partial charge in [0.05, 0.1) is 12.2 Å². The zero-order valence-corrected chi connectivity index (χ0v) is 13.8. The Morgan fingerprint density at radius 2 is 1.90 bits per heavy atom. The van der Waals surface area contributed by atoms with E-state index in [1.54, 1.807) is 0 Å². The number of benzene rings is 1. The van der Waals surface area contributed by atoms with Crippen LogP contribution in [-0.4, -0.2) is 18.7 Å². The normalized spacial score (nSPS) is 16.4. The maximum absolute atomic E-state index is 6.33. The van der Waals surface area contributed by atoms with Gasteiger partial charge in [-0.15, -0.1) is 0 Å². The molecule has 0 atom stereocenters. The molecule has 1 heterocycles. The molecule has 1 aliphatic heterocycles. The fourth-order valence-electron chi connectivity index (χ4n) is 3.19. The number of fused-ring (bicyclic) bond motifs is 1. The van der Waals surface area contributed by atoms with Crippen LogP contribution in [0.25, 0.3) is 0 Å². The summed E-state index contributed by atoms with van der Waals surface area (Å²) in [5.41, 5.74) is 8.09. The van der Waals surface area contributed by atoms with Crippen LogP contribution in [0.15, 0.2) is 18.2 Å². The second kappa shape index (κ2) is 7.06. The summed E-state index contributed by atoms with van der Waals surface area (Å²) < 4.78 is 6.33. The molecule has 21 heavy (non-hydrogen) atoms. The van der Waals surface area contributed by atoms with Crippen molar-refractivity contribution in [3.05, 3.63) is 18.2 Å². The lowest BCUT2D eigenvalue weighted by Gasteiger charge is -2.44. The highest BCUT2D eigenvalue weighted by molar-refractivity contribution is 5.76. The van der Waals surface area contributed by atoms with Crippen LogP contribution >= 0.6 is 0 Å². The minimum absolute atomic E-state index is 0.0639. The van der Waals surface area contributed by atoms with Crippen molar-refractivity contribution in [2.45, 2.75) is 64.9 Å². The molecule has 3 heteroatoms. The van der Waals surface area contributed by atoms with Gasteiger partial charge < -0.3 is 15.4 Å². The second-order valence-electron chi connectivity index (χ2n) is 6.17. The van der Waals surface area contributed by atoms with Crippen LogP contribution in [-0.2, 0) is 0 Å². The van der Waals surface area contributed by atoms with Crippen molar-refractivity contribution < 1.29 is 4.74 Å². The molecule has 0 saturated heterocycles. The van der Waals surface area contributed by atoms with E-state index in [-0.39, 0.29) is 5.60 Å². The Labute approximate surface area is 129 Å². The minimum atomic E-state index is -0.0639. The van der Waals surface area contributed by atoms with E-state index in [0.717, 1.165) is 43.1 Å². The van der Waals surface area contributed by atoms with Crippen LogP contribution in [0.2, 0.25) is 0 Å². The van der Waals surface area contributed by atoms with Gasteiger partial charge in [-0.2, -0.15) is 0 Å². The smallest absolute Gasteiger partial charge is 0.145 e. The number of rotatable bonds is 7. The third-order valence-corrected chi connectivity index (χ3v) is 4.72. The topological polar surface area (TPSA) is 38.5 Å². The summed E-state index contributed by atoms with van der Waals surface area (Å²) in [6.45, 7) is 8.72. The Kier molecular flexibility index (Phi) is 5.38. The van der Waals surface area contributed by atoms with Gasteiger partial charge in [-0.1, -0.05) is 46.1 Å². The zero-order valence-electron chi connectivity index (χ0n) is 13.8. The first kappa shape index (κ1) is 16.0. The van der Waals surface area contributed by atoms with Gasteiger partial charge >= 0.3 is 0 Å². The number of nitrogens with zero attached hydrogens (tertiary/aromatic N) is 1. The molecule has 0 unspecified atom stereocenters. The lowest BCUT2D eigenvalue weighted by Crippen LogP contribution is -2.50. The van der Waals surface area contributed by atoms with E-state index < -0.39 is 0 Å². The van der Waals surface area contributed by atoms with E-state index in [0.29, 0.717) is 0 Å². The Balaban J connectivity index is 2.21. The molecule has 1 aromatic rings. The maximum Gasteiger partial charge on any atom is 0.145 e. The first-order chi connectivity index (χ1) is 10.2. The third kappa shape index (κ3) is 3.45. The average molecular weight is 290 g/mol. The number of nitrogen functional groups attached to an aromatic ring is 1. The second-order valence-corrected chi connectivity index (χ2v) is 6.17. The average Bonchev–Trinajstić information content (AvgIpc) is 2.51. The van der Waals surface area contributed by atoms with Gasteiger partial charge in [-0.3, -0.25) is 0 Å². The fourth-order valence-corrected chi connectivity index (χ4v) is 3.19. The number of hydrogen-bond donors (Lipinski definition) is 1. The molecule has 0 fully saturated rings. The van der Waals surface area contributed by atoms with Gasteiger partial charge in [-0.05, 0) is 31.4 Å². The number of unbranched alkanes of at least 4 members (excludes halogenated alkanes) is 3. The Morgan fingerprint density at radius 1 is 1.14 bits per heavy atom. The maximum atomic E-state index is 6.33. The molecule has 0 bridgehead atoms. The predicted octanol–water partition coefficient (Wildman–Crippen LogP) is 4.61. The van der Waals surface area contributed by atoms with E-state index in [1.165, 1.54) is 25.7 Å². The Hall–Kier alpha value is -1.38. The van der Waals surface area contributed by atoms with Crippen molar-refractivity contribution in [2.75, 3.05) is 23.7 Å². The molecule has 1 aliphatic rings. The van der Waals surface area contributed by atoms with E-state index >= 15 is 0 Å². The number of nitrogens with two attached hydrogens (primary N) is 1. The molecule has 0 aromatic heterocycles. The molecule has 3 nitrogen and oxygen atoms in total. The van der Waals surface area contributed by atoms with Crippen molar-refractivity contribution in [3.63, 3.8) is 0 Å². The van der Waals surface area contributed by atoms with Crippen LogP contribution in [0.3, 0.4) is 0 Å². The predicted molar refractivity (Wildman–Crippen MR) is 91.2 cm³/mol. The zero-order chi connectivity index (χ0) is 15.3. The molecular weight excluding hydrogens is 260 g/mol. The van der Waals surface area contributed by atoms with Gasteiger partial charge in [-0.25, -0.2) is 0 Å². The van der Waals surface area contributed by atoms with Gasteiger partial charge in [0.2, 0.25) is 0 Å². The monoisotopic (exact) mass is 290 g/mol. The summed E-state index contributed by atoms with van der Waals surface area (Å²) in [5, 5.41) is 0. The minimum Gasteiger partial charge on any atom is -0.483 e. The summed E-state index contributed by atoms with van der Waals surface area (Å²) in [5.74, 6) is 0.959. The summed E-state index contributed by atoms with van der Waals surface area (Å²) in [7, 11) is 0. The summed E-state index contributed by atoms with van der Waals surface area (Å²) in [6, 6.07) is 6.03. The number of anilines is 2. The van der Waals surface area contributed by atoms with E-state index in [9.17, 15) is 0 Å². The van der Waals surface area contributed by atoms with Gasteiger partial charge in [0.25, 0.3) is 0 Å². The van der Waals surface area contributed by atoms with Crippen molar-refractivity contribution in [1.82, 2.24) is 0 Å². The highest BCUT2D eigenvalue weighted by Gasteiger charge is 2.37. The molecule has 0 saturated carbocycles. The van der Waals surface area contributed by atoms with Crippen LogP contribution in [0.4, 0.5) is 11.4 Å². The van der Waals surface area contributed by atoms with Crippen LogP contribution in [0.1, 0.15) is 59.3 Å². The number of ether oxygens (including phenoxy) is 1. The summed E-state index contributed by atoms with van der Waals surface area (Å²) >= 11 is 0. The largest absolute Gasteiger partial charge is 0.483 e. The standard InChI is InChI=1S/C18H30N2O/c1-4-7-8-9-13-20-14-18(5-2,6-3)21-16-12-10-11-15(19)17(16)20/h10-12H,4-9,13-14,19H2,1-3H3. The summed E-state index contributed by atoms with van der Waals surface area (Å²) in [4.78, 5) is 2.46. The Morgan fingerprint density at radius 3 is 2.57 bits per heavy atom. The van der Waals surface area contributed by atoms with Gasteiger partial charge in [0.1, 0.15) is 17.0 Å². The molecule has 118 valence electrons. The first-order valence-corrected chi connectivity index (χ1v) is 8.48. The van der Waals surface area contributed by atoms with E-state index in [1.807, 2.05) is 12.1 Å². The highest BCUT2D eigenvalue weighted by atomic mass is 16.5. The van der Waals surface area contributed by atoms with E-state index in [4.69, 9.17) is 10.5 Å². The fraction of sp³-hybridized carbons (Fsp3) is 0.667. The van der Waals surface area contributed by atoms with Crippen molar-refractivity contribution in [2.24, 2.45) is 0 Å². The molecular formula is C18H30N2O. The molecule has 0 radical (unpaired) electrons. The molecule has 0 amide bonds. The number of para-hydroxylation sites is 1. The number of hydrogen-bond acceptors (Lipinski definition) is 3. The van der Waals surface area contributed by atoms with Crippen LogP contribution < -0.4 is 15.4 Å². The summed E-state index contributed by atoms with van der Waals surface area (Å²) in [6.07, 6.45) is 7.17. The van der Waals surface area contributed by atoms with Crippen LogP contribution in [0, 0.1) is 0 Å². The highest BCUT2D eigenvalue weighted by Crippen LogP contribution is 2.43. The molecule has 0 aliphatic carbocycles.